The van der Waals surface area contributed by atoms with Crippen LogP contribution in [0.4, 0.5) is 0 Å². The average Bonchev–Trinajstić information content (AvgIpc) is 3.10. The summed E-state index contributed by atoms with van der Waals surface area (Å²) >= 11 is 4.91. The summed E-state index contributed by atoms with van der Waals surface area (Å²) in [5, 5.41) is 12.2. The van der Waals surface area contributed by atoms with Crippen LogP contribution in [0.25, 0.3) is 22.9 Å². The van der Waals surface area contributed by atoms with E-state index in [1.54, 1.807) is 13.2 Å². The van der Waals surface area contributed by atoms with Crippen molar-refractivity contribution >= 4 is 38.9 Å². The molecule has 3 nitrogen and oxygen atoms in total. The minimum Gasteiger partial charge on any atom is -0.496 e. The van der Waals surface area contributed by atoms with Crippen LogP contribution >= 0.6 is 27.3 Å². The fourth-order valence-corrected chi connectivity index (χ4v) is 3.43. The highest BCUT2D eigenvalue weighted by atomic mass is 79.9. The Bertz CT molecular complexity index is 926. The van der Waals surface area contributed by atoms with Gasteiger partial charge in [0.05, 0.1) is 18.4 Å². The molecule has 0 atom stereocenters. The van der Waals surface area contributed by atoms with Crippen LogP contribution in [0.2, 0.25) is 0 Å². The lowest BCUT2D eigenvalue weighted by molar-refractivity contribution is 0.414. The number of hydrogen-bond acceptors (Lipinski definition) is 4. The molecule has 24 heavy (non-hydrogen) atoms. The zero-order chi connectivity index (χ0) is 16.9. The Hall–Kier alpha value is -2.42. The van der Waals surface area contributed by atoms with Crippen LogP contribution in [0.1, 0.15) is 10.6 Å². The third-order valence-electron chi connectivity index (χ3n) is 3.42. The van der Waals surface area contributed by atoms with Crippen LogP contribution in [0, 0.1) is 11.3 Å². The van der Waals surface area contributed by atoms with E-state index in [1.165, 1.54) is 11.3 Å². The number of nitrogens with zero attached hydrogens (tertiary/aromatic N) is 2. The molecule has 0 aliphatic heterocycles. The topological polar surface area (TPSA) is 45.9 Å². The maximum atomic E-state index is 9.55. The molecule has 3 rings (SSSR count). The van der Waals surface area contributed by atoms with Gasteiger partial charge < -0.3 is 4.74 Å². The van der Waals surface area contributed by atoms with Crippen LogP contribution in [-0.4, -0.2) is 12.1 Å². The summed E-state index contributed by atoms with van der Waals surface area (Å²) in [6.07, 6.45) is 1.80. The first-order chi connectivity index (χ1) is 11.7. The molecule has 3 aromatic rings. The zero-order valence-corrected chi connectivity index (χ0v) is 15.3. The van der Waals surface area contributed by atoms with Gasteiger partial charge in [0.25, 0.3) is 0 Å². The number of ether oxygens (including phenoxy) is 1. The Kier molecular flexibility index (Phi) is 5.09. The van der Waals surface area contributed by atoms with Gasteiger partial charge in [-0.25, -0.2) is 4.98 Å². The van der Waals surface area contributed by atoms with Crippen LogP contribution < -0.4 is 4.74 Å². The van der Waals surface area contributed by atoms with Gasteiger partial charge in [-0.2, -0.15) is 5.26 Å². The van der Waals surface area contributed by atoms with E-state index in [1.807, 2.05) is 53.9 Å². The number of allylic oxidation sites excluding steroid dienone is 1. The van der Waals surface area contributed by atoms with Gasteiger partial charge in [0.1, 0.15) is 16.8 Å². The van der Waals surface area contributed by atoms with Gasteiger partial charge >= 0.3 is 0 Å². The monoisotopic (exact) mass is 396 g/mol. The Balaban J connectivity index is 2.00. The van der Waals surface area contributed by atoms with Crippen LogP contribution in [-0.2, 0) is 0 Å². The van der Waals surface area contributed by atoms with Crippen molar-refractivity contribution in [2.45, 2.75) is 0 Å². The smallest absolute Gasteiger partial charge is 0.134 e. The fourth-order valence-electron chi connectivity index (χ4n) is 2.25. The zero-order valence-electron chi connectivity index (χ0n) is 12.9. The number of methoxy groups -OCH3 is 1. The molecule has 5 heteroatoms. The summed E-state index contributed by atoms with van der Waals surface area (Å²) in [6, 6.07) is 17.9. The molecule has 0 fully saturated rings. The van der Waals surface area contributed by atoms with E-state index in [-0.39, 0.29) is 0 Å². The van der Waals surface area contributed by atoms with Crippen molar-refractivity contribution in [2.24, 2.45) is 0 Å². The van der Waals surface area contributed by atoms with Gasteiger partial charge in [-0.3, -0.25) is 0 Å². The first-order valence-electron chi connectivity index (χ1n) is 7.18. The Morgan fingerprint density at radius 2 is 2.04 bits per heavy atom. The Morgan fingerprint density at radius 1 is 1.25 bits per heavy atom. The summed E-state index contributed by atoms with van der Waals surface area (Å²) in [5.41, 5.74) is 3.26. The Morgan fingerprint density at radius 3 is 2.75 bits per heavy atom. The third kappa shape index (κ3) is 3.56. The lowest BCUT2D eigenvalue weighted by atomic mass is 10.1. The van der Waals surface area contributed by atoms with Crippen molar-refractivity contribution in [2.75, 3.05) is 7.11 Å². The standard InChI is InChI=1S/C19H13BrN2OS/c1-23-18-8-7-16(20)10-14(18)9-15(11-21)19-22-17(12-24-19)13-5-3-2-4-6-13/h2-10,12H,1H3/b15-9+. The summed E-state index contributed by atoms with van der Waals surface area (Å²) in [7, 11) is 1.61. The number of benzene rings is 2. The summed E-state index contributed by atoms with van der Waals surface area (Å²) in [5.74, 6) is 0.714. The molecule has 0 aliphatic rings. The molecule has 0 aliphatic carbocycles. The lowest BCUT2D eigenvalue weighted by Gasteiger charge is -2.05. The van der Waals surface area contributed by atoms with E-state index in [0.29, 0.717) is 16.3 Å². The average molecular weight is 397 g/mol. The molecule has 0 N–H and O–H groups in total. The van der Waals surface area contributed by atoms with E-state index in [4.69, 9.17) is 4.74 Å². The molecule has 0 saturated carbocycles. The maximum absolute atomic E-state index is 9.55. The highest BCUT2D eigenvalue weighted by molar-refractivity contribution is 9.10. The number of aromatic nitrogens is 1. The number of thiazole rings is 1. The van der Waals surface area contributed by atoms with Gasteiger partial charge in [-0.15, -0.1) is 11.3 Å². The second-order valence-corrected chi connectivity index (χ2v) is 6.73. The van der Waals surface area contributed by atoms with Crippen LogP contribution in [0.3, 0.4) is 0 Å². The normalized spacial score (nSPS) is 11.1. The van der Waals surface area contributed by atoms with Gasteiger partial charge in [0.15, 0.2) is 0 Å². The largest absolute Gasteiger partial charge is 0.496 e. The van der Waals surface area contributed by atoms with E-state index in [9.17, 15) is 5.26 Å². The van der Waals surface area contributed by atoms with Crippen molar-refractivity contribution in [1.29, 1.82) is 5.26 Å². The second kappa shape index (κ2) is 7.43. The Labute approximate surface area is 153 Å². The summed E-state index contributed by atoms with van der Waals surface area (Å²) in [6.45, 7) is 0. The molecular weight excluding hydrogens is 384 g/mol. The SMILES string of the molecule is COc1ccc(Br)cc1/C=C(\C#N)c1nc(-c2ccccc2)cs1. The number of hydrogen-bond donors (Lipinski definition) is 0. The fraction of sp³-hybridized carbons (Fsp3) is 0.0526. The molecule has 0 bridgehead atoms. The predicted molar refractivity (Wildman–Crippen MR) is 102 cm³/mol. The van der Waals surface area contributed by atoms with E-state index < -0.39 is 0 Å². The van der Waals surface area contributed by atoms with E-state index in [2.05, 4.69) is 27.0 Å². The highest BCUT2D eigenvalue weighted by Gasteiger charge is 2.10. The minimum absolute atomic E-state index is 0.513. The molecule has 1 aromatic heterocycles. The van der Waals surface area contributed by atoms with Crippen molar-refractivity contribution in [3.05, 3.63) is 69.0 Å². The minimum atomic E-state index is 0.513. The number of halogens is 1. The summed E-state index contributed by atoms with van der Waals surface area (Å²) in [4.78, 5) is 4.60. The van der Waals surface area contributed by atoms with Gasteiger partial charge in [-0.1, -0.05) is 46.3 Å². The molecule has 0 saturated heterocycles. The van der Waals surface area contributed by atoms with Crippen LogP contribution in [0.15, 0.2) is 58.4 Å². The second-order valence-electron chi connectivity index (χ2n) is 4.96. The molecule has 2 aromatic carbocycles. The number of rotatable bonds is 4. The van der Waals surface area contributed by atoms with Crippen molar-refractivity contribution < 1.29 is 4.74 Å². The molecule has 1 heterocycles. The lowest BCUT2D eigenvalue weighted by Crippen LogP contribution is -1.88. The highest BCUT2D eigenvalue weighted by Crippen LogP contribution is 2.30. The van der Waals surface area contributed by atoms with Gasteiger partial charge in [-0.05, 0) is 24.3 Å². The molecule has 118 valence electrons. The summed E-state index contributed by atoms with van der Waals surface area (Å²) < 4.78 is 6.29. The number of nitriles is 1. The van der Waals surface area contributed by atoms with Crippen molar-refractivity contribution in [3.8, 4) is 23.1 Å². The molecular formula is C19H13BrN2OS. The van der Waals surface area contributed by atoms with Crippen molar-refractivity contribution in [1.82, 2.24) is 4.98 Å². The van der Waals surface area contributed by atoms with E-state index in [0.717, 1.165) is 21.3 Å². The van der Waals surface area contributed by atoms with Crippen LogP contribution in [0.5, 0.6) is 5.75 Å². The van der Waals surface area contributed by atoms with Gasteiger partial charge in [0.2, 0.25) is 0 Å². The first-order valence-corrected chi connectivity index (χ1v) is 8.85. The predicted octanol–water partition coefficient (Wildman–Crippen LogP) is 5.65. The van der Waals surface area contributed by atoms with Gasteiger partial charge in [0, 0.05) is 21.0 Å². The first kappa shape index (κ1) is 16.4. The van der Waals surface area contributed by atoms with E-state index >= 15 is 0 Å². The molecule has 0 radical (unpaired) electrons. The molecule has 0 spiro atoms. The third-order valence-corrected chi connectivity index (χ3v) is 4.79. The maximum Gasteiger partial charge on any atom is 0.134 e. The van der Waals surface area contributed by atoms with Crippen molar-refractivity contribution in [3.63, 3.8) is 0 Å². The molecule has 0 unspecified atom stereocenters. The molecule has 0 amide bonds. The quantitative estimate of drug-likeness (QED) is 0.535.